The summed E-state index contributed by atoms with van der Waals surface area (Å²) >= 11 is 3.13. The van der Waals surface area contributed by atoms with Crippen molar-refractivity contribution in [1.29, 1.82) is 0 Å². The van der Waals surface area contributed by atoms with Crippen molar-refractivity contribution in [3.05, 3.63) is 27.0 Å². The second kappa shape index (κ2) is 4.38. The number of aliphatic hydroxyl groups is 1. The number of nitro groups is 1. The molecule has 0 spiro atoms. The molecule has 1 unspecified atom stereocenters. The highest BCUT2D eigenvalue weighted by Gasteiger charge is 2.34. The number of nitrogens with zero attached hydrogens (tertiary/aromatic N) is 3. The molecule has 2 heterocycles. The fourth-order valence-corrected chi connectivity index (χ4v) is 2.26. The first kappa shape index (κ1) is 11.9. The van der Waals surface area contributed by atoms with Gasteiger partial charge in [0.1, 0.15) is 11.9 Å². The highest BCUT2D eigenvalue weighted by atomic mass is 79.9. The van der Waals surface area contributed by atoms with Crippen LogP contribution in [0.3, 0.4) is 0 Å². The van der Waals surface area contributed by atoms with Crippen LogP contribution in [0.25, 0.3) is 0 Å². The number of carbonyl (C=O) groups is 1. The van der Waals surface area contributed by atoms with Gasteiger partial charge >= 0.3 is 5.69 Å². The molecule has 1 aliphatic rings. The van der Waals surface area contributed by atoms with E-state index in [9.17, 15) is 20.0 Å². The molecular formula is C9H8BrN3O4. The van der Waals surface area contributed by atoms with Crippen molar-refractivity contribution in [3.8, 4) is 0 Å². The Morgan fingerprint density at radius 2 is 2.29 bits per heavy atom. The normalized spacial score (nSPS) is 19.8. The number of aromatic nitrogens is 1. The van der Waals surface area contributed by atoms with E-state index in [2.05, 4.69) is 20.9 Å². The van der Waals surface area contributed by atoms with Crippen LogP contribution < -0.4 is 4.90 Å². The van der Waals surface area contributed by atoms with Crippen LogP contribution >= 0.6 is 15.9 Å². The predicted octanol–water partition coefficient (Wildman–Crippen LogP) is 0.850. The lowest BCUT2D eigenvalue weighted by molar-refractivity contribution is -0.384. The summed E-state index contributed by atoms with van der Waals surface area (Å²) in [6, 6.07) is 0. The van der Waals surface area contributed by atoms with Gasteiger partial charge in [-0.2, -0.15) is 0 Å². The van der Waals surface area contributed by atoms with Crippen LogP contribution in [-0.4, -0.2) is 33.6 Å². The second-order valence-electron chi connectivity index (χ2n) is 3.61. The largest absolute Gasteiger partial charge is 0.391 e. The maximum absolute atomic E-state index is 11.6. The minimum atomic E-state index is -0.790. The van der Waals surface area contributed by atoms with Crippen LogP contribution in [0.15, 0.2) is 16.9 Å². The van der Waals surface area contributed by atoms with Crippen molar-refractivity contribution in [2.75, 3.05) is 11.4 Å². The Bertz CT molecular complexity index is 493. The van der Waals surface area contributed by atoms with Gasteiger partial charge in [-0.05, 0) is 15.9 Å². The van der Waals surface area contributed by atoms with Gasteiger partial charge in [0.25, 0.3) is 0 Å². The summed E-state index contributed by atoms with van der Waals surface area (Å²) < 4.78 is 0.356. The number of carbonyl (C=O) groups excluding carboxylic acids is 1. The lowest BCUT2D eigenvalue weighted by atomic mass is 10.3. The molecule has 90 valence electrons. The molecular weight excluding hydrogens is 294 g/mol. The Morgan fingerprint density at radius 1 is 1.59 bits per heavy atom. The third-order valence-electron chi connectivity index (χ3n) is 2.42. The van der Waals surface area contributed by atoms with Crippen molar-refractivity contribution < 1.29 is 14.8 Å². The first-order chi connectivity index (χ1) is 8.00. The zero-order valence-electron chi connectivity index (χ0n) is 8.54. The molecule has 1 N–H and O–H groups in total. The molecule has 2 rings (SSSR count). The van der Waals surface area contributed by atoms with Gasteiger partial charge in [-0.15, -0.1) is 0 Å². The fraction of sp³-hybridized carbons (Fsp3) is 0.333. The van der Waals surface area contributed by atoms with Gasteiger partial charge in [0.15, 0.2) is 0 Å². The van der Waals surface area contributed by atoms with E-state index in [1.54, 1.807) is 0 Å². The summed E-state index contributed by atoms with van der Waals surface area (Å²) in [5.41, 5.74) is -0.117. The van der Waals surface area contributed by atoms with Gasteiger partial charge in [-0.25, -0.2) is 0 Å². The highest BCUT2D eigenvalue weighted by Crippen LogP contribution is 2.36. The molecule has 0 saturated carbocycles. The summed E-state index contributed by atoms with van der Waals surface area (Å²) in [5.74, 6) is -0.340. The number of pyridine rings is 1. The summed E-state index contributed by atoms with van der Waals surface area (Å²) in [5, 5.41) is 20.3. The van der Waals surface area contributed by atoms with Crippen LogP contribution in [-0.2, 0) is 4.79 Å². The molecule has 1 amide bonds. The summed E-state index contributed by atoms with van der Waals surface area (Å²) in [6.45, 7) is 0.0578. The molecule has 1 saturated heterocycles. The third-order valence-corrected chi connectivity index (χ3v) is 3.01. The molecule has 1 atom stereocenters. The molecule has 1 aliphatic heterocycles. The maximum Gasteiger partial charge on any atom is 0.312 e. The Morgan fingerprint density at radius 3 is 2.82 bits per heavy atom. The van der Waals surface area contributed by atoms with Crippen molar-refractivity contribution >= 4 is 33.2 Å². The average molecular weight is 302 g/mol. The minimum absolute atomic E-state index is 0.0219. The van der Waals surface area contributed by atoms with Gasteiger partial charge in [-0.1, -0.05) is 0 Å². The first-order valence-electron chi connectivity index (χ1n) is 4.77. The van der Waals surface area contributed by atoms with Crippen molar-refractivity contribution in [1.82, 2.24) is 4.98 Å². The number of amides is 1. The number of hydrogen-bond donors (Lipinski definition) is 1. The number of rotatable bonds is 2. The Kier molecular flexibility index (Phi) is 3.07. The molecule has 0 aromatic carbocycles. The van der Waals surface area contributed by atoms with E-state index in [1.807, 2.05) is 0 Å². The van der Waals surface area contributed by atoms with Gasteiger partial charge in [0.2, 0.25) is 5.91 Å². The predicted molar refractivity (Wildman–Crippen MR) is 61.6 cm³/mol. The molecule has 0 aliphatic carbocycles. The lowest BCUT2D eigenvalue weighted by Gasteiger charge is -2.16. The van der Waals surface area contributed by atoms with Crippen molar-refractivity contribution in [2.24, 2.45) is 0 Å². The van der Waals surface area contributed by atoms with Crippen molar-refractivity contribution in [3.63, 3.8) is 0 Å². The zero-order valence-corrected chi connectivity index (χ0v) is 10.1. The number of hydrogen-bond acceptors (Lipinski definition) is 5. The third kappa shape index (κ3) is 2.13. The molecule has 1 aromatic rings. The average Bonchev–Trinajstić information content (AvgIpc) is 2.57. The van der Waals surface area contributed by atoms with Crippen LogP contribution in [0.2, 0.25) is 0 Å². The van der Waals surface area contributed by atoms with E-state index in [1.165, 1.54) is 11.1 Å². The van der Waals surface area contributed by atoms with Crippen LogP contribution in [0.1, 0.15) is 6.42 Å². The molecule has 17 heavy (non-hydrogen) atoms. The monoisotopic (exact) mass is 301 g/mol. The quantitative estimate of drug-likeness (QED) is 0.645. The molecule has 0 radical (unpaired) electrons. The van der Waals surface area contributed by atoms with E-state index in [0.29, 0.717) is 4.47 Å². The smallest absolute Gasteiger partial charge is 0.312 e. The molecule has 1 aromatic heterocycles. The van der Waals surface area contributed by atoms with Gasteiger partial charge < -0.3 is 10.0 Å². The van der Waals surface area contributed by atoms with Gasteiger partial charge in [0, 0.05) is 6.20 Å². The highest BCUT2D eigenvalue weighted by molar-refractivity contribution is 9.10. The van der Waals surface area contributed by atoms with Crippen LogP contribution in [0.4, 0.5) is 11.4 Å². The fourth-order valence-electron chi connectivity index (χ4n) is 1.72. The number of β-amino-alcohol motifs (C(OH)–C–C–N with tert-alkyl or cyclic N) is 1. The summed E-state index contributed by atoms with van der Waals surface area (Å²) in [4.78, 5) is 26.8. The Hall–Kier alpha value is -1.54. The summed E-state index contributed by atoms with van der Waals surface area (Å²) in [6.07, 6.45) is 1.65. The lowest BCUT2D eigenvalue weighted by Crippen LogP contribution is -2.26. The number of halogens is 1. The van der Waals surface area contributed by atoms with E-state index in [-0.39, 0.29) is 30.2 Å². The molecule has 1 fully saturated rings. The van der Waals surface area contributed by atoms with Crippen molar-refractivity contribution in [2.45, 2.75) is 12.5 Å². The van der Waals surface area contributed by atoms with Crippen LogP contribution in [0.5, 0.6) is 0 Å². The standard InChI is InChI=1S/C9H8BrN3O4/c10-6-2-11-3-7(13(16)17)9(6)12-4-5(14)1-8(12)15/h2-3,5,14H,1,4H2. The number of anilines is 1. The minimum Gasteiger partial charge on any atom is -0.391 e. The molecule has 0 bridgehead atoms. The summed E-state index contributed by atoms with van der Waals surface area (Å²) in [7, 11) is 0. The zero-order chi connectivity index (χ0) is 12.6. The van der Waals surface area contributed by atoms with E-state index >= 15 is 0 Å². The van der Waals surface area contributed by atoms with E-state index in [4.69, 9.17) is 0 Å². The van der Waals surface area contributed by atoms with Crippen LogP contribution in [0, 0.1) is 10.1 Å². The Balaban J connectivity index is 2.51. The number of aliphatic hydroxyl groups excluding tert-OH is 1. The second-order valence-corrected chi connectivity index (χ2v) is 4.46. The Labute approximate surface area is 104 Å². The topological polar surface area (TPSA) is 96.6 Å². The maximum atomic E-state index is 11.6. The van der Waals surface area contributed by atoms with Gasteiger partial charge in [0.05, 0.1) is 28.5 Å². The first-order valence-corrected chi connectivity index (χ1v) is 5.56. The molecule has 8 heteroatoms. The SMILES string of the molecule is O=C1CC(O)CN1c1c(Br)cncc1[N+](=O)[O-]. The van der Waals surface area contributed by atoms with E-state index in [0.717, 1.165) is 6.20 Å². The van der Waals surface area contributed by atoms with Gasteiger partial charge in [-0.3, -0.25) is 19.9 Å². The van der Waals surface area contributed by atoms with E-state index < -0.39 is 11.0 Å². The molecule has 7 nitrogen and oxygen atoms in total.